The summed E-state index contributed by atoms with van der Waals surface area (Å²) < 4.78 is 5.17. The molecule has 26 heavy (non-hydrogen) atoms. The van der Waals surface area contributed by atoms with E-state index in [-0.39, 0.29) is 0 Å². The van der Waals surface area contributed by atoms with Crippen LogP contribution in [0, 0.1) is 0 Å². The maximum Gasteiger partial charge on any atom is 0.188 e. The van der Waals surface area contributed by atoms with E-state index in [4.69, 9.17) is 4.74 Å². The van der Waals surface area contributed by atoms with E-state index in [1.165, 1.54) is 11.3 Å². The molecule has 128 valence electrons. The molecule has 0 aliphatic carbocycles. The van der Waals surface area contributed by atoms with E-state index in [2.05, 4.69) is 25.5 Å². The zero-order valence-corrected chi connectivity index (χ0v) is 14.8. The van der Waals surface area contributed by atoms with E-state index in [0.717, 1.165) is 33.5 Å². The lowest BCUT2D eigenvalue weighted by atomic mass is 10.1. The highest BCUT2D eigenvalue weighted by Crippen LogP contribution is 2.26. The molecule has 0 radical (unpaired) electrons. The van der Waals surface area contributed by atoms with Gasteiger partial charge in [0.1, 0.15) is 11.4 Å². The Morgan fingerprint density at radius 3 is 2.46 bits per heavy atom. The van der Waals surface area contributed by atoms with E-state index in [1.54, 1.807) is 13.3 Å². The van der Waals surface area contributed by atoms with Gasteiger partial charge in [0.25, 0.3) is 0 Å². The van der Waals surface area contributed by atoms with Crippen molar-refractivity contribution >= 4 is 22.3 Å². The van der Waals surface area contributed by atoms with Crippen molar-refractivity contribution in [2.24, 2.45) is 0 Å². The van der Waals surface area contributed by atoms with Gasteiger partial charge in [-0.3, -0.25) is 4.98 Å². The van der Waals surface area contributed by atoms with Crippen LogP contribution in [0.1, 0.15) is 0 Å². The number of pyridine rings is 1. The maximum atomic E-state index is 5.17. The van der Waals surface area contributed by atoms with Gasteiger partial charge in [-0.05, 0) is 48.5 Å². The average Bonchev–Trinajstić information content (AvgIpc) is 3.18. The first-order chi connectivity index (χ1) is 12.8. The third-order valence-electron chi connectivity index (χ3n) is 3.72. The van der Waals surface area contributed by atoms with E-state index >= 15 is 0 Å². The molecule has 0 atom stereocenters. The number of methoxy groups -OCH3 is 1. The maximum absolute atomic E-state index is 5.17. The van der Waals surface area contributed by atoms with Crippen LogP contribution in [-0.4, -0.2) is 27.3 Å². The van der Waals surface area contributed by atoms with Crippen LogP contribution in [0.5, 0.6) is 5.75 Å². The summed E-state index contributed by atoms with van der Waals surface area (Å²) in [6, 6.07) is 17.3. The van der Waals surface area contributed by atoms with Crippen molar-refractivity contribution in [3.8, 4) is 28.4 Å². The SMILES string of the molecule is COc1ccc(-c2ccc(Nc3nc(-c4ccccn4)cs3)nn2)cc1. The molecule has 0 fully saturated rings. The highest BCUT2D eigenvalue weighted by Gasteiger charge is 2.07. The van der Waals surface area contributed by atoms with Crippen LogP contribution in [0.3, 0.4) is 0 Å². The second-order valence-electron chi connectivity index (χ2n) is 5.41. The van der Waals surface area contributed by atoms with Crippen LogP contribution in [0.25, 0.3) is 22.6 Å². The molecule has 3 heterocycles. The number of ether oxygens (including phenoxy) is 1. The third kappa shape index (κ3) is 3.52. The van der Waals surface area contributed by atoms with Crippen LogP contribution in [0.15, 0.2) is 66.2 Å². The summed E-state index contributed by atoms with van der Waals surface area (Å²) >= 11 is 1.50. The summed E-state index contributed by atoms with van der Waals surface area (Å²) in [5.74, 6) is 1.46. The highest BCUT2D eigenvalue weighted by molar-refractivity contribution is 7.14. The Morgan fingerprint density at radius 1 is 0.885 bits per heavy atom. The first-order valence-corrected chi connectivity index (χ1v) is 8.82. The molecule has 6 nitrogen and oxygen atoms in total. The van der Waals surface area contributed by atoms with E-state index in [0.29, 0.717) is 5.82 Å². The van der Waals surface area contributed by atoms with Crippen molar-refractivity contribution < 1.29 is 4.74 Å². The molecule has 0 saturated carbocycles. The van der Waals surface area contributed by atoms with Crippen molar-refractivity contribution in [2.45, 2.75) is 0 Å². The van der Waals surface area contributed by atoms with Gasteiger partial charge >= 0.3 is 0 Å². The molecule has 0 unspecified atom stereocenters. The van der Waals surface area contributed by atoms with Gasteiger partial charge < -0.3 is 10.1 Å². The van der Waals surface area contributed by atoms with E-state index < -0.39 is 0 Å². The normalized spacial score (nSPS) is 10.5. The Hall–Kier alpha value is -3.32. The fraction of sp³-hybridized carbons (Fsp3) is 0.0526. The minimum Gasteiger partial charge on any atom is -0.497 e. The predicted octanol–water partition coefficient (Wildman–Crippen LogP) is 4.41. The molecule has 0 amide bonds. The largest absolute Gasteiger partial charge is 0.497 e. The summed E-state index contributed by atoms with van der Waals surface area (Å²) in [4.78, 5) is 8.85. The molecular weight excluding hydrogens is 346 g/mol. The van der Waals surface area contributed by atoms with Gasteiger partial charge in [0, 0.05) is 17.1 Å². The summed E-state index contributed by atoms with van der Waals surface area (Å²) in [6.07, 6.45) is 1.76. The summed E-state index contributed by atoms with van der Waals surface area (Å²) in [6.45, 7) is 0. The minimum absolute atomic E-state index is 0.643. The molecule has 0 spiro atoms. The monoisotopic (exact) mass is 361 g/mol. The molecule has 0 saturated heterocycles. The highest BCUT2D eigenvalue weighted by atomic mass is 32.1. The first-order valence-electron chi connectivity index (χ1n) is 7.94. The fourth-order valence-electron chi connectivity index (χ4n) is 2.39. The number of aromatic nitrogens is 4. The lowest BCUT2D eigenvalue weighted by molar-refractivity contribution is 0.415. The van der Waals surface area contributed by atoms with Crippen LogP contribution < -0.4 is 10.1 Å². The Labute approximate surface area is 154 Å². The Morgan fingerprint density at radius 2 is 1.77 bits per heavy atom. The number of hydrogen-bond donors (Lipinski definition) is 1. The van der Waals surface area contributed by atoms with Gasteiger partial charge in [-0.25, -0.2) is 4.98 Å². The van der Waals surface area contributed by atoms with Crippen molar-refractivity contribution in [3.05, 3.63) is 66.2 Å². The predicted molar refractivity (Wildman–Crippen MR) is 103 cm³/mol. The number of benzene rings is 1. The van der Waals surface area contributed by atoms with Gasteiger partial charge in [-0.2, -0.15) is 0 Å². The van der Waals surface area contributed by atoms with Crippen LogP contribution in [0.4, 0.5) is 10.9 Å². The molecule has 0 aliphatic heterocycles. The lowest BCUT2D eigenvalue weighted by Gasteiger charge is -2.04. The molecule has 7 heteroatoms. The number of nitrogens with zero attached hydrogens (tertiary/aromatic N) is 4. The molecule has 0 aliphatic rings. The van der Waals surface area contributed by atoms with Crippen LogP contribution in [0.2, 0.25) is 0 Å². The standard InChI is InChI=1S/C19H15N5OS/c1-25-14-7-5-13(6-8-14)15-9-10-18(24-23-15)22-19-21-17(12-26-19)16-4-2-3-11-20-16/h2-12H,1H3,(H,21,22,24). The number of hydrogen-bond acceptors (Lipinski definition) is 7. The van der Waals surface area contributed by atoms with E-state index in [9.17, 15) is 0 Å². The number of rotatable bonds is 5. The minimum atomic E-state index is 0.643. The van der Waals surface area contributed by atoms with Gasteiger partial charge in [0.15, 0.2) is 10.9 Å². The van der Waals surface area contributed by atoms with Gasteiger partial charge in [-0.15, -0.1) is 21.5 Å². The van der Waals surface area contributed by atoms with Crippen molar-refractivity contribution in [1.82, 2.24) is 20.2 Å². The summed E-state index contributed by atoms with van der Waals surface area (Å²) in [7, 11) is 1.65. The number of nitrogens with one attached hydrogen (secondary N) is 1. The molecule has 4 aromatic rings. The van der Waals surface area contributed by atoms with Crippen molar-refractivity contribution in [2.75, 3.05) is 12.4 Å². The summed E-state index contributed by atoms with van der Waals surface area (Å²) in [5, 5.41) is 14.4. The zero-order valence-electron chi connectivity index (χ0n) is 14.0. The van der Waals surface area contributed by atoms with Crippen molar-refractivity contribution in [1.29, 1.82) is 0 Å². The van der Waals surface area contributed by atoms with Gasteiger partial charge in [0.2, 0.25) is 0 Å². The Bertz CT molecular complexity index is 985. The molecule has 1 N–H and O–H groups in total. The second kappa shape index (κ2) is 7.28. The van der Waals surface area contributed by atoms with Gasteiger partial charge in [0.05, 0.1) is 18.5 Å². The number of thiazole rings is 1. The molecule has 0 bridgehead atoms. The summed E-state index contributed by atoms with van der Waals surface area (Å²) in [5.41, 5.74) is 3.46. The molecular formula is C19H15N5OS. The molecule has 3 aromatic heterocycles. The van der Waals surface area contributed by atoms with Gasteiger partial charge in [-0.1, -0.05) is 6.07 Å². The number of anilines is 2. The topological polar surface area (TPSA) is 72.8 Å². The molecule has 1 aromatic carbocycles. The molecule has 4 rings (SSSR count). The van der Waals surface area contributed by atoms with Crippen LogP contribution >= 0.6 is 11.3 Å². The Kier molecular flexibility index (Phi) is 4.53. The van der Waals surface area contributed by atoms with Crippen molar-refractivity contribution in [3.63, 3.8) is 0 Å². The van der Waals surface area contributed by atoms with Crippen LogP contribution in [-0.2, 0) is 0 Å². The smallest absolute Gasteiger partial charge is 0.188 e. The second-order valence-corrected chi connectivity index (χ2v) is 6.27. The zero-order chi connectivity index (χ0) is 17.8. The van der Waals surface area contributed by atoms with E-state index in [1.807, 2.05) is 60.0 Å². The lowest BCUT2D eigenvalue weighted by Crippen LogP contribution is -1.96. The Balaban J connectivity index is 1.48. The fourth-order valence-corrected chi connectivity index (χ4v) is 3.10. The third-order valence-corrected chi connectivity index (χ3v) is 4.47. The first kappa shape index (κ1) is 16.2. The quantitative estimate of drug-likeness (QED) is 0.567. The average molecular weight is 361 g/mol.